The number of rotatable bonds is 7. The quantitative estimate of drug-likeness (QED) is 0.332. The number of benzene rings is 3. The van der Waals surface area contributed by atoms with Crippen molar-refractivity contribution in [1.82, 2.24) is 10.4 Å². The van der Waals surface area contributed by atoms with Gasteiger partial charge in [0.2, 0.25) is 0 Å². The average molecular weight is 441 g/mol. The van der Waals surface area contributed by atoms with Crippen LogP contribution in [-0.2, 0) is 0 Å². The fourth-order valence-electron chi connectivity index (χ4n) is 3.53. The van der Waals surface area contributed by atoms with Crippen molar-refractivity contribution in [2.45, 2.75) is 0 Å². The Balaban J connectivity index is 1.67. The third-order valence-electron chi connectivity index (χ3n) is 5.13. The number of ether oxygens (including phenoxy) is 3. The molecule has 166 valence electrons. The minimum atomic E-state index is -0.351. The topological polar surface area (TPSA) is 82.0 Å². The van der Waals surface area contributed by atoms with E-state index < -0.39 is 0 Å². The third kappa shape index (κ3) is 4.62. The molecule has 1 heterocycles. The summed E-state index contributed by atoms with van der Waals surface area (Å²) in [5, 5.41) is 4.87. The smallest absolute Gasteiger partial charge is 0.272 e. The Morgan fingerprint density at radius 1 is 0.909 bits per heavy atom. The number of hydrogen-bond acceptors (Lipinski definition) is 6. The minimum absolute atomic E-state index is 0.351. The molecular weight excluding hydrogens is 418 g/mol. The van der Waals surface area contributed by atoms with Gasteiger partial charge in [0, 0.05) is 16.5 Å². The highest BCUT2D eigenvalue weighted by molar-refractivity contribution is 6.07. The number of fused-ring (bicyclic) bond motifs is 1. The molecule has 1 N–H and O–H groups in total. The van der Waals surface area contributed by atoms with Crippen LogP contribution in [0.1, 0.15) is 15.9 Å². The summed E-state index contributed by atoms with van der Waals surface area (Å²) in [5.41, 5.74) is 5.97. The zero-order chi connectivity index (χ0) is 23.2. The van der Waals surface area contributed by atoms with Crippen molar-refractivity contribution in [3.8, 4) is 28.5 Å². The maximum Gasteiger partial charge on any atom is 0.272 e. The maximum atomic E-state index is 13.1. The van der Waals surface area contributed by atoms with Gasteiger partial charge in [-0.2, -0.15) is 5.10 Å². The molecule has 0 atom stereocenters. The van der Waals surface area contributed by atoms with E-state index in [2.05, 4.69) is 10.5 Å². The van der Waals surface area contributed by atoms with Crippen molar-refractivity contribution in [2.75, 3.05) is 21.3 Å². The van der Waals surface area contributed by atoms with E-state index >= 15 is 0 Å². The van der Waals surface area contributed by atoms with Crippen LogP contribution < -0.4 is 19.6 Å². The molecule has 0 spiro atoms. The lowest BCUT2D eigenvalue weighted by atomic mass is 10.0. The summed E-state index contributed by atoms with van der Waals surface area (Å²) < 4.78 is 16.0. The number of para-hydroxylation sites is 2. The lowest BCUT2D eigenvalue weighted by molar-refractivity contribution is 0.0956. The Labute approximate surface area is 191 Å². The number of carbonyl (C=O) groups excluding carboxylic acids is 1. The second-order valence-electron chi connectivity index (χ2n) is 7.09. The van der Waals surface area contributed by atoms with Crippen LogP contribution in [-0.4, -0.2) is 38.4 Å². The summed E-state index contributed by atoms with van der Waals surface area (Å²) in [4.78, 5) is 17.8. The Bertz CT molecular complexity index is 1330. The summed E-state index contributed by atoms with van der Waals surface area (Å²) in [7, 11) is 4.73. The minimum Gasteiger partial charge on any atom is -0.497 e. The van der Waals surface area contributed by atoms with Gasteiger partial charge in [-0.15, -0.1) is 0 Å². The molecule has 4 rings (SSSR count). The van der Waals surface area contributed by atoms with Crippen molar-refractivity contribution < 1.29 is 19.0 Å². The molecule has 4 aromatic rings. The number of hydrazone groups is 1. The number of nitrogens with one attached hydrogen (secondary N) is 1. The molecule has 3 aromatic carbocycles. The van der Waals surface area contributed by atoms with Gasteiger partial charge in [0.15, 0.2) is 11.5 Å². The number of amides is 1. The largest absolute Gasteiger partial charge is 0.497 e. The first-order valence-corrected chi connectivity index (χ1v) is 10.2. The Kier molecular flexibility index (Phi) is 6.50. The van der Waals surface area contributed by atoms with Gasteiger partial charge in [0.25, 0.3) is 5.91 Å². The Hall–Kier alpha value is -4.39. The highest BCUT2D eigenvalue weighted by Gasteiger charge is 2.14. The van der Waals surface area contributed by atoms with Crippen LogP contribution in [0.2, 0.25) is 0 Å². The van der Waals surface area contributed by atoms with Crippen molar-refractivity contribution in [2.24, 2.45) is 5.10 Å². The second-order valence-corrected chi connectivity index (χ2v) is 7.09. The summed E-state index contributed by atoms with van der Waals surface area (Å²) in [6.45, 7) is 0. The van der Waals surface area contributed by atoms with E-state index in [0.29, 0.717) is 39.6 Å². The number of carbonyl (C=O) groups is 1. The van der Waals surface area contributed by atoms with Gasteiger partial charge in [0.05, 0.1) is 44.3 Å². The fraction of sp³-hybridized carbons (Fsp3) is 0.115. The van der Waals surface area contributed by atoms with Gasteiger partial charge in [-0.3, -0.25) is 4.79 Å². The molecule has 0 bridgehead atoms. The van der Waals surface area contributed by atoms with Crippen LogP contribution in [0.5, 0.6) is 17.2 Å². The van der Waals surface area contributed by atoms with Crippen LogP contribution in [0.15, 0.2) is 77.9 Å². The highest BCUT2D eigenvalue weighted by atomic mass is 16.5. The first kappa shape index (κ1) is 21.8. The fourth-order valence-corrected chi connectivity index (χ4v) is 3.53. The molecule has 0 unspecified atom stereocenters. The summed E-state index contributed by atoms with van der Waals surface area (Å²) in [6, 6.07) is 22.2. The summed E-state index contributed by atoms with van der Waals surface area (Å²) >= 11 is 0. The van der Waals surface area contributed by atoms with E-state index in [1.54, 1.807) is 33.5 Å². The molecule has 0 aliphatic heterocycles. The van der Waals surface area contributed by atoms with Crippen LogP contribution in [0.4, 0.5) is 0 Å². The second kappa shape index (κ2) is 9.82. The lowest BCUT2D eigenvalue weighted by Gasteiger charge is -2.10. The molecular formula is C26H23N3O4. The van der Waals surface area contributed by atoms with E-state index in [9.17, 15) is 4.79 Å². The molecule has 1 aromatic heterocycles. The summed E-state index contributed by atoms with van der Waals surface area (Å²) in [5.74, 6) is 1.48. The van der Waals surface area contributed by atoms with Gasteiger partial charge in [-0.1, -0.05) is 36.4 Å². The van der Waals surface area contributed by atoms with Crippen molar-refractivity contribution in [3.63, 3.8) is 0 Å². The van der Waals surface area contributed by atoms with Gasteiger partial charge in [0.1, 0.15) is 5.75 Å². The van der Waals surface area contributed by atoms with Crippen molar-refractivity contribution >= 4 is 23.0 Å². The van der Waals surface area contributed by atoms with Gasteiger partial charge >= 0.3 is 0 Å². The Morgan fingerprint density at radius 3 is 2.52 bits per heavy atom. The molecule has 0 aliphatic rings. The van der Waals surface area contributed by atoms with E-state index in [-0.39, 0.29) is 5.91 Å². The summed E-state index contributed by atoms with van der Waals surface area (Å²) in [6.07, 6.45) is 1.52. The van der Waals surface area contributed by atoms with E-state index in [1.807, 2.05) is 60.7 Å². The zero-order valence-corrected chi connectivity index (χ0v) is 18.5. The van der Waals surface area contributed by atoms with Crippen LogP contribution in [0, 0.1) is 0 Å². The average Bonchev–Trinajstić information content (AvgIpc) is 2.87. The maximum absolute atomic E-state index is 13.1. The van der Waals surface area contributed by atoms with Crippen molar-refractivity contribution in [1.29, 1.82) is 0 Å². The molecule has 1 amide bonds. The number of aromatic nitrogens is 1. The van der Waals surface area contributed by atoms with Gasteiger partial charge in [-0.25, -0.2) is 10.4 Å². The van der Waals surface area contributed by atoms with Crippen LogP contribution in [0.25, 0.3) is 22.2 Å². The molecule has 0 saturated carbocycles. The van der Waals surface area contributed by atoms with Crippen LogP contribution >= 0.6 is 0 Å². The number of hydrogen-bond donors (Lipinski definition) is 1. The SMILES string of the molecule is COc1cccc(-c2cc(C(=O)N/N=C\c3cccc(OC)c3OC)c3ccccc3n2)c1. The normalized spacial score (nSPS) is 10.9. The highest BCUT2D eigenvalue weighted by Crippen LogP contribution is 2.30. The van der Waals surface area contributed by atoms with Gasteiger partial charge in [-0.05, 0) is 36.4 Å². The molecule has 33 heavy (non-hydrogen) atoms. The predicted octanol–water partition coefficient (Wildman–Crippen LogP) is 4.69. The molecule has 0 aliphatic carbocycles. The molecule has 7 heteroatoms. The molecule has 0 radical (unpaired) electrons. The van der Waals surface area contributed by atoms with Gasteiger partial charge < -0.3 is 14.2 Å². The standard InChI is InChI=1S/C26H23N3O4/c1-31-19-10-6-8-17(14-19)23-15-21(20-11-4-5-12-22(20)28-23)26(30)29-27-16-18-9-7-13-24(32-2)25(18)33-3/h4-16H,1-3H3,(H,29,30)/b27-16-. The lowest BCUT2D eigenvalue weighted by Crippen LogP contribution is -2.18. The number of nitrogens with zero attached hydrogens (tertiary/aromatic N) is 2. The number of methoxy groups -OCH3 is 3. The zero-order valence-electron chi connectivity index (χ0n) is 18.5. The van der Waals surface area contributed by atoms with E-state index in [4.69, 9.17) is 19.2 Å². The molecule has 0 saturated heterocycles. The molecule has 7 nitrogen and oxygen atoms in total. The third-order valence-corrected chi connectivity index (χ3v) is 5.13. The predicted molar refractivity (Wildman–Crippen MR) is 128 cm³/mol. The first-order valence-electron chi connectivity index (χ1n) is 10.2. The Morgan fingerprint density at radius 2 is 1.73 bits per heavy atom. The van der Waals surface area contributed by atoms with E-state index in [0.717, 1.165) is 10.9 Å². The van der Waals surface area contributed by atoms with Crippen molar-refractivity contribution in [3.05, 3.63) is 83.9 Å². The van der Waals surface area contributed by atoms with E-state index in [1.165, 1.54) is 6.21 Å². The monoisotopic (exact) mass is 441 g/mol. The first-order chi connectivity index (χ1) is 16.1. The molecule has 0 fully saturated rings. The number of pyridine rings is 1. The van der Waals surface area contributed by atoms with Crippen LogP contribution in [0.3, 0.4) is 0 Å².